The van der Waals surface area contributed by atoms with Gasteiger partial charge in [0.25, 0.3) is 0 Å². The number of nitrogens with zero attached hydrogens (tertiary/aromatic N) is 2. The van der Waals surface area contributed by atoms with E-state index in [9.17, 15) is 4.79 Å². The van der Waals surface area contributed by atoms with Crippen LogP contribution in [0.2, 0.25) is 0 Å². The predicted octanol–water partition coefficient (Wildman–Crippen LogP) is 0.847. The van der Waals surface area contributed by atoms with Crippen LogP contribution >= 0.6 is 0 Å². The van der Waals surface area contributed by atoms with Crippen LogP contribution in [0.4, 0.5) is 17.2 Å². The number of ether oxygens (including phenoxy) is 1. The van der Waals surface area contributed by atoms with Crippen molar-refractivity contribution in [2.24, 2.45) is 0 Å². The molecule has 18 heavy (non-hydrogen) atoms. The number of amides is 1. The SMILES string of the molecule is CC(=O)Nc1cc(N)c(N(C)C2(C)COC2)cn1. The molecule has 1 aliphatic heterocycles. The van der Waals surface area contributed by atoms with Crippen LogP contribution in [0.25, 0.3) is 0 Å². The van der Waals surface area contributed by atoms with Crippen molar-refractivity contribution in [1.82, 2.24) is 4.98 Å². The van der Waals surface area contributed by atoms with Crippen molar-refractivity contribution >= 4 is 23.1 Å². The molecule has 0 aliphatic carbocycles. The first-order valence-corrected chi connectivity index (χ1v) is 5.77. The van der Waals surface area contributed by atoms with Gasteiger partial charge in [-0.15, -0.1) is 0 Å². The van der Waals surface area contributed by atoms with Crippen molar-refractivity contribution in [3.05, 3.63) is 12.3 Å². The molecule has 1 amide bonds. The number of nitrogens with one attached hydrogen (secondary N) is 1. The first kappa shape index (κ1) is 12.6. The summed E-state index contributed by atoms with van der Waals surface area (Å²) in [5, 5.41) is 2.61. The number of rotatable bonds is 3. The minimum atomic E-state index is -0.164. The van der Waals surface area contributed by atoms with Crippen molar-refractivity contribution < 1.29 is 9.53 Å². The minimum absolute atomic E-state index is 0.0364. The number of aromatic nitrogens is 1. The fourth-order valence-corrected chi connectivity index (χ4v) is 1.87. The Hall–Kier alpha value is -1.82. The van der Waals surface area contributed by atoms with Crippen LogP contribution in [-0.4, -0.2) is 36.7 Å². The van der Waals surface area contributed by atoms with E-state index < -0.39 is 0 Å². The molecule has 0 spiro atoms. The first-order chi connectivity index (χ1) is 8.42. The number of nitrogen functional groups attached to an aromatic ring is 1. The lowest BCUT2D eigenvalue weighted by atomic mass is 9.98. The molecule has 0 atom stereocenters. The smallest absolute Gasteiger partial charge is 0.222 e. The quantitative estimate of drug-likeness (QED) is 0.831. The summed E-state index contributed by atoms with van der Waals surface area (Å²) in [4.78, 5) is 17.2. The normalized spacial score (nSPS) is 16.8. The summed E-state index contributed by atoms with van der Waals surface area (Å²) < 4.78 is 5.24. The molecule has 98 valence electrons. The van der Waals surface area contributed by atoms with E-state index in [1.54, 1.807) is 12.3 Å². The number of carbonyl (C=O) groups excluding carboxylic acids is 1. The van der Waals surface area contributed by atoms with Gasteiger partial charge in [0, 0.05) is 20.0 Å². The van der Waals surface area contributed by atoms with Gasteiger partial charge < -0.3 is 20.7 Å². The molecule has 0 saturated carbocycles. The van der Waals surface area contributed by atoms with E-state index >= 15 is 0 Å². The van der Waals surface area contributed by atoms with Crippen molar-refractivity contribution in [3.63, 3.8) is 0 Å². The van der Waals surface area contributed by atoms with Gasteiger partial charge in [-0.2, -0.15) is 0 Å². The number of hydrogen-bond donors (Lipinski definition) is 2. The fraction of sp³-hybridized carbons (Fsp3) is 0.500. The Balaban J connectivity index is 2.21. The third-order valence-corrected chi connectivity index (χ3v) is 3.22. The van der Waals surface area contributed by atoms with Crippen LogP contribution in [0.15, 0.2) is 12.3 Å². The summed E-state index contributed by atoms with van der Waals surface area (Å²) in [5.41, 5.74) is 7.39. The molecule has 1 saturated heterocycles. The van der Waals surface area contributed by atoms with E-state index in [2.05, 4.69) is 22.1 Å². The standard InChI is InChI=1S/C12H18N4O2/c1-8(17)15-11-4-9(13)10(5-14-11)16(3)12(2)6-18-7-12/h4-5H,6-7H2,1-3H3,(H3,13,14,15,17). The average Bonchev–Trinajstić information content (AvgIpc) is 2.24. The minimum Gasteiger partial charge on any atom is -0.397 e. The molecule has 1 aromatic rings. The summed E-state index contributed by atoms with van der Waals surface area (Å²) in [7, 11) is 1.97. The second-order valence-corrected chi connectivity index (χ2v) is 4.86. The van der Waals surface area contributed by atoms with Gasteiger partial charge in [-0.25, -0.2) is 4.98 Å². The van der Waals surface area contributed by atoms with Gasteiger partial charge in [0.2, 0.25) is 5.91 Å². The van der Waals surface area contributed by atoms with Crippen molar-refractivity contribution in [1.29, 1.82) is 0 Å². The third-order valence-electron chi connectivity index (χ3n) is 3.22. The average molecular weight is 250 g/mol. The van der Waals surface area contributed by atoms with Gasteiger partial charge in [-0.3, -0.25) is 4.79 Å². The van der Waals surface area contributed by atoms with Crippen molar-refractivity contribution in [3.8, 4) is 0 Å². The zero-order valence-corrected chi connectivity index (χ0v) is 10.9. The predicted molar refractivity (Wildman–Crippen MR) is 70.6 cm³/mol. The first-order valence-electron chi connectivity index (χ1n) is 5.77. The summed E-state index contributed by atoms with van der Waals surface area (Å²) in [5.74, 6) is 0.300. The number of anilines is 3. The summed E-state index contributed by atoms with van der Waals surface area (Å²) in [6.45, 7) is 4.90. The van der Waals surface area contributed by atoms with E-state index in [1.165, 1.54) is 6.92 Å². The van der Waals surface area contributed by atoms with Gasteiger partial charge in [0.1, 0.15) is 5.82 Å². The second-order valence-electron chi connectivity index (χ2n) is 4.86. The van der Waals surface area contributed by atoms with Crippen LogP contribution in [0.1, 0.15) is 13.8 Å². The molecular weight excluding hydrogens is 232 g/mol. The third kappa shape index (κ3) is 2.24. The number of likely N-dealkylation sites (N-methyl/N-ethyl adjacent to an activating group) is 1. The van der Waals surface area contributed by atoms with Crippen LogP contribution in [-0.2, 0) is 9.53 Å². The van der Waals surface area contributed by atoms with Gasteiger partial charge in [0.15, 0.2) is 0 Å². The second kappa shape index (κ2) is 4.45. The Bertz CT molecular complexity index is 471. The molecule has 0 radical (unpaired) electrons. The zero-order chi connectivity index (χ0) is 13.3. The number of pyridine rings is 1. The highest BCUT2D eigenvalue weighted by molar-refractivity contribution is 5.88. The molecule has 6 heteroatoms. The molecule has 1 aliphatic rings. The van der Waals surface area contributed by atoms with E-state index in [-0.39, 0.29) is 11.4 Å². The van der Waals surface area contributed by atoms with Crippen LogP contribution in [0, 0.1) is 0 Å². The van der Waals surface area contributed by atoms with Crippen molar-refractivity contribution in [2.75, 3.05) is 36.2 Å². The molecule has 0 bridgehead atoms. The molecule has 1 aromatic heterocycles. The topological polar surface area (TPSA) is 80.5 Å². The molecular formula is C12H18N4O2. The Labute approximate surface area is 106 Å². The highest BCUT2D eigenvalue weighted by Gasteiger charge is 2.38. The Morgan fingerprint density at radius 3 is 2.72 bits per heavy atom. The zero-order valence-electron chi connectivity index (χ0n) is 10.9. The molecule has 2 heterocycles. The lowest BCUT2D eigenvalue weighted by Gasteiger charge is -2.46. The van der Waals surface area contributed by atoms with Crippen LogP contribution in [0.5, 0.6) is 0 Å². The lowest BCUT2D eigenvalue weighted by molar-refractivity contribution is -0.114. The Morgan fingerprint density at radius 1 is 1.61 bits per heavy atom. The number of nitrogens with two attached hydrogens (primary N) is 1. The molecule has 0 aromatic carbocycles. The van der Waals surface area contributed by atoms with Gasteiger partial charge in [-0.1, -0.05) is 0 Å². The highest BCUT2D eigenvalue weighted by Crippen LogP contribution is 2.32. The van der Waals surface area contributed by atoms with E-state index in [1.807, 2.05) is 7.05 Å². The van der Waals surface area contributed by atoms with Crippen LogP contribution < -0.4 is 16.0 Å². The lowest BCUT2D eigenvalue weighted by Crippen LogP contribution is -2.59. The maximum Gasteiger partial charge on any atom is 0.222 e. The van der Waals surface area contributed by atoms with E-state index in [4.69, 9.17) is 10.5 Å². The largest absolute Gasteiger partial charge is 0.397 e. The summed E-state index contributed by atoms with van der Waals surface area (Å²) >= 11 is 0. The molecule has 0 unspecified atom stereocenters. The molecule has 2 rings (SSSR count). The summed E-state index contributed by atoms with van der Waals surface area (Å²) in [6.07, 6.45) is 1.67. The molecule has 1 fully saturated rings. The molecule has 6 nitrogen and oxygen atoms in total. The van der Waals surface area contributed by atoms with Crippen molar-refractivity contribution in [2.45, 2.75) is 19.4 Å². The Morgan fingerprint density at radius 2 is 2.28 bits per heavy atom. The monoisotopic (exact) mass is 250 g/mol. The number of hydrogen-bond acceptors (Lipinski definition) is 5. The molecule has 3 N–H and O–H groups in total. The van der Waals surface area contributed by atoms with Gasteiger partial charge in [-0.05, 0) is 6.92 Å². The van der Waals surface area contributed by atoms with E-state index in [0.717, 1.165) is 5.69 Å². The highest BCUT2D eigenvalue weighted by atomic mass is 16.5. The van der Waals surface area contributed by atoms with Gasteiger partial charge in [0.05, 0.1) is 36.3 Å². The maximum atomic E-state index is 10.9. The fourth-order valence-electron chi connectivity index (χ4n) is 1.87. The summed E-state index contributed by atoms with van der Waals surface area (Å²) in [6, 6.07) is 1.66. The van der Waals surface area contributed by atoms with Gasteiger partial charge >= 0.3 is 0 Å². The number of carbonyl (C=O) groups is 1. The van der Waals surface area contributed by atoms with E-state index in [0.29, 0.717) is 24.7 Å². The maximum absolute atomic E-state index is 10.9. The Kier molecular flexibility index (Phi) is 3.13. The van der Waals surface area contributed by atoms with Crippen LogP contribution in [0.3, 0.4) is 0 Å².